The second kappa shape index (κ2) is 6.58. The molecule has 0 aliphatic heterocycles. The van der Waals surface area contributed by atoms with Gasteiger partial charge in [-0.2, -0.15) is 5.10 Å². The summed E-state index contributed by atoms with van der Waals surface area (Å²) in [6.07, 6.45) is 2.08. The number of aliphatic hydroxyl groups excluding tert-OH is 1. The van der Waals surface area contributed by atoms with Crippen LogP contribution in [0.4, 0.5) is 0 Å². The number of aliphatic hydroxyl groups is 1. The lowest BCUT2D eigenvalue weighted by Gasteiger charge is -2.09. The molecule has 0 aliphatic rings. The maximum Gasteiger partial charge on any atom is 0.273 e. The standard InChI is InChI=1S/C15H15N3O2/c1-11(13-8-5-9-16-10-13)17-18-15(20)14(19)12-6-3-2-4-7-12/h2-10,14,19H,1H3,(H,18,20)/b17-11+. The van der Waals surface area contributed by atoms with Gasteiger partial charge < -0.3 is 5.11 Å². The van der Waals surface area contributed by atoms with Gasteiger partial charge in [0.05, 0.1) is 5.71 Å². The first-order valence-electron chi connectivity index (χ1n) is 6.16. The minimum atomic E-state index is -1.23. The third-order valence-electron chi connectivity index (χ3n) is 2.78. The normalized spacial score (nSPS) is 12.8. The largest absolute Gasteiger partial charge is 0.378 e. The van der Waals surface area contributed by atoms with Gasteiger partial charge in [0.1, 0.15) is 0 Å². The maximum absolute atomic E-state index is 11.8. The molecule has 0 bridgehead atoms. The number of benzene rings is 1. The second-order valence-electron chi connectivity index (χ2n) is 4.23. The lowest BCUT2D eigenvalue weighted by Crippen LogP contribution is -2.26. The fourth-order valence-electron chi connectivity index (χ4n) is 1.63. The summed E-state index contributed by atoms with van der Waals surface area (Å²) in [5.74, 6) is -0.570. The number of pyridine rings is 1. The molecule has 1 unspecified atom stereocenters. The van der Waals surface area contributed by atoms with Crippen molar-refractivity contribution in [1.82, 2.24) is 10.4 Å². The van der Waals surface area contributed by atoms with Crippen molar-refractivity contribution < 1.29 is 9.90 Å². The number of carbonyl (C=O) groups is 1. The Balaban J connectivity index is 2.02. The zero-order valence-corrected chi connectivity index (χ0v) is 11.0. The third-order valence-corrected chi connectivity index (χ3v) is 2.78. The number of hydrogen-bond acceptors (Lipinski definition) is 4. The van der Waals surface area contributed by atoms with E-state index >= 15 is 0 Å². The Kier molecular flexibility index (Phi) is 4.57. The molecule has 0 saturated carbocycles. The van der Waals surface area contributed by atoms with Crippen molar-refractivity contribution in [3.63, 3.8) is 0 Å². The highest BCUT2D eigenvalue weighted by Gasteiger charge is 2.16. The van der Waals surface area contributed by atoms with Crippen molar-refractivity contribution >= 4 is 11.6 Å². The van der Waals surface area contributed by atoms with E-state index in [1.54, 1.807) is 49.6 Å². The molecule has 2 aromatic rings. The molecular weight excluding hydrogens is 254 g/mol. The van der Waals surface area contributed by atoms with Crippen LogP contribution in [-0.4, -0.2) is 21.7 Å². The smallest absolute Gasteiger partial charge is 0.273 e. The number of hydrogen-bond donors (Lipinski definition) is 2. The SMILES string of the molecule is C/C(=N\NC(=O)C(O)c1ccccc1)c1cccnc1. The highest BCUT2D eigenvalue weighted by atomic mass is 16.3. The van der Waals surface area contributed by atoms with Crippen LogP contribution in [0.5, 0.6) is 0 Å². The Hall–Kier alpha value is -2.53. The summed E-state index contributed by atoms with van der Waals surface area (Å²) in [6, 6.07) is 12.3. The molecule has 1 amide bonds. The number of nitrogens with one attached hydrogen (secondary N) is 1. The van der Waals surface area contributed by atoms with Gasteiger partial charge in [-0.25, -0.2) is 5.43 Å². The first-order valence-corrected chi connectivity index (χ1v) is 6.16. The monoisotopic (exact) mass is 269 g/mol. The lowest BCUT2D eigenvalue weighted by atomic mass is 10.1. The molecule has 2 rings (SSSR count). The average molecular weight is 269 g/mol. The molecule has 5 nitrogen and oxygen atoms in total. The van der Waals surface area contributed by atoms with E-state index in [4.69, 9.17) is 0 Å². The van der Waals surface area contributed by atoms with Gasteiger partial charge in [0.2, 0.25) is 0 Å². The Morgan fingerprint density at radius 3 is 2.65 bits per heavy atom. The van der Waals surface area contributed by atoms with Crippen molar-refractivity contribution in [1.29, 1.82) is 0 Å². The van der Waals surface area contributed by atoms with Crippen LogP contribution in [0.3, 0.4) is 0 Å². The number of amides is 1. The highest BCUT2D eigenvalue weighted by molar-refractivity contribution is 5.99. The van der Waals surface area contributed by atoms with E-state index in [0.717, 1.165) is 5.56 Å². The van der Waals surface area contributed by atoms with E-state index in [-0.39, 0.29) is 0 Å². The Morgan fingerprint density at radius 1 is 1.25 bits per heavy atom. The molecular formula is C15H15N3O2. The van der Waals surface area contributed by atoms with E-state index in [0.29, 0.717) is 11.3 Å². The Morgan fingerprint density at radius 2 is 2.00 bits per heavy atom. The predicted molar refractivity (Wildman–Crippen MR) is 76.0 cm³/mol. The van der Waals surface area contributed by atoms with E-state index in [2.05, 4.69) is 15.5 Å². The minimum absolute atomic E-state index is 0.527. The van der Waals surface area contributed by atoms with Crippen molar-refractivity contribution in [2.24, 2.45) is 5.10 Å². The van der Waals surface area contributed by atoms with E-state index < -0.39 is 12.0 Å². The van der Waals surface area contributed by atoms with E-state index in [1.165, 1.54) is 0 Å². The molecule has 0 spiro atoms. The van der Waals surface area contributed by atoms with Gasteiger partial charge in [-0.05, 0) is 18.6 Å². The molecule has 0 saturated heterocycles. The van der Waals surface area contributed by atoms with Crippen LogP contribution in [0.1, 0.15) is 24.2 Å². The maximum atomic E-state index is 11.8. The molecule has 1 heterocycles. The van der Waals surface area contributed by atoms with Crippen LogP contribution >= 0.6 is 0 Å². The molecule has 1 aromatic carbocycles. The molecule has 5 heteroatoms. The first-order chi connectivity index (χ1) is 9.68. The van der Waals surface area contributed by atoms with Gasteiger partial charge in [-0.15, -0.1) is 0 Å². The summed E-state index contributed by atoms with van der Waals surface area (Å²) in [6.45, 7) is 1.76. The summed E-state index contributed by atoms with van der Waals surface area (Å²) in [5, 5.41) is 13.8. The molecule has 1 atom stereocenters. The van der Waals surface area contributed by atoms with E-state index in [1.807, 2.05) is 12.1 Å². The number of hydrazone groups is 1. The zero-order valence-electron chi connectivity index (χ0n) is 11.0. The Bertz CT molecular complexity index is 597. The Labute approximate surface area is 117 Å². The quantitative estimate of drug-likeness (QED) is 0.654. The summed E-state index contributed by atoms with van der Waals surface area (Å²) >= 11 is 0. The van der Waals surface area contributed by atoms with Crippen molar-refractivity contribution in [3.05, 3.63) is 66.0 Å². The molecule has 2 N–H and O–H groups in total. The fourth-order valence-corrected chi connectivity index (χ4v) is 1.63. The van der Waals surface area contributed by atoms with Gasteiger partial charge in [0.15, 0.2) is 6.10 Å². The first kappa shape index (κ1) is 13.9. The third kappa shape index (κ3) is 3.49. The number of nitrogens with zero attached hydrogens (tertiary/aromatic N) is 2. The highest BCUT2D eigenvalue weighted by Crippen LogP contribution is 2.11. The second-order valence-corrected chi connectivity index (χ2v) is 4.23. The van der Waals surface area contributed by atoms with Gasteiger partial charge in [-0.1, -0.05) is 36.4 Å². The van der Waals surface area contributed by atoms with Crippen molar-refractivity contribution in [3.8, 4) is 0 Å². The van der Waals surface area contributed by atoms with Crippen molar-refractivity contribution in [2.45, 2.75) is 13.0 Å². The van der Waals surface area contributed by atoms with Gasteiger partial charge in [0.25, 0.3) is 5.91 Å². The lowest BCUT2D eigenvalue weighted by molar-refractivity contribution is -0.129. The summed E-state index contributed by atoms with van der Waals surface area (Å²) in [5.41, 5.74) is 4.30. The van der Waals surface area contributed by atoms with E-state index in [9.17, 15) is 9.90 Å². The van der Waals surface area contributed by atoms with Gasteiger partial charge in [0, 0.05) is 18.0 Å². The van der Waals surface area contributed by atoms with Gasteiger partial charge in [-0.3, -0.25) is 9.78 Å². The van der Waals surface area contributed by atoms with Crippen LogP contribution in [0.25, 0.3) is 0 Å². The summed E-state index contributed by atoms with van der Waals surface area (Å²) in [4.78, 5) is 15.8. The van der Waals surface area contributed by atoms with Crippen LogP contribution < -0.4 is 5.43 Å². The molecule has 0 fully saturated rings. The molecule has 0 aliphatic carbocycles. The molecule has 102 valence electrons. The number of rotatable bonds is 4. The minimum Gasteiger partial charge on any atom is -0.378 e. The van der Waals surface area contributed by atoms with Crippen LogP contribution in [0.2, 0.25) is 0 Å². The topological polar surface area (TPSA) is 74.6 Å². The predicted octanol–water partition coefficient (Wildman–Crippen LogP) is 1.66. The van der Waals surface area contributed by atoms with Crippen LogP contribution in [0.15, 0.2) is 60.0 Å². The summed E-state index contributed by atoms with van der Waals surface area (Å²) in [7, 11) is 0. The van der Waals surface area contributed by atoms with Crippen LogP contribution in [0, 0.1) is 0 Å². The molecule has 20 heavy (non-hydrogen) atoms. The number of aromatic nitrogens is 1. The number of carbonyl (C=O) groups excluding carboxylic acids is 1. The molecule has 0 radical (unpaired) electrons. The van der Waals surface area contributed by atoms with Crippen molar-refractivity contribution in [2.75, 3.05) is 0 Å². The zero-order chi connectivity index (χ0) is 14.4. The molecule has 1 aromatic heterocycles. The fraction of sp³-hybridized carbons (Fsp3) is 0.133. The average Bonchev–Trinajstić information content (AvgIpc) is 2.53. The summed E-state index contributed by atoms with van der Waals surface area (Å²) < 4.78 is 0. The van der Waals surface area contributed by atoms with Crippen LogP contribution in [-0.2, 0) is 4.79 Å². The van der Waals surface area contributed by atoms with Gasteiger partial charge >= 0.3 is 0 Å².